The van der Waals surface area contributed by atoms with Crippen LogP contribution in [0.25, 0.3) is 0 Å². The van der Waals surface area contributed by atoms with Crippen LogP contribution in [0.15, 0.2) is 24.3 Å². The largest absolute Gasteiger partial charge is 0.493 e. The fourth-order valence-electron chi connectivity index (χ4n) is 1.27. The van der Waals surface area contributed by atoms with E-state index in [9.17, 15) is 9.59 Å². The smallest absolute Gasteiger partial charge is 0.323 e. The van der Waals surface area contributed by atoms with Crippen LogP contribution in [0.1, 0.15) is 6.42 Å². The highest BCUT2D eigenvalue weighted by Crippen LogP contribution is 2.15. The van der Waals surface area contributed by atoms with Crippen LogP contribution in [0.3, 0.4) is 0 Å². The number of carboxylic acid groups (broad SMARTS) is 1. The Kier molecular flexibility index (Phi) is 5.45. The summed E-state index contributed by atoms with van der Waals surface area (Å²) in [5.74, 6) is -0.691. The van der Waals surface area contributed by atoms with E-state index in [1.54, 1.807) is 24.3 Å². The number of benzene rings is 1. The molecule has 0 fully saturated rings. The molecular weight excluding hydrogens is 258 g/mol. The fourth-order valence-corrected chi connectivity index (χ4v) is 1.39. The average Bonchev–Trinajstić information content (AvgIpc) is 2.30. The van der Waals surface area contributed by atoms with Crippen molar-refractivity contribution < 1.29 is 19.4 Å². The maximum atomic E-state index is 11.5. The number of carbonyl (C=O) groups is 2. The molecule has 1 amide bonds. The monoisotopic (exact) mass is 271 g/mol. The number of rotatable bonds is 6. The van der Waals surface area contributed by atoms with E-state index in [0.717, 1.165) is 4.90 Å². The van der Waals surface area contributed by atoms with E-state index in [2.05, 4.69) is 0 Å². The summed E-state index contributed by atoms with van der Waals surface area (Å²) in [4.78, 5) is 23.0. The number of hydrogen-bond acceptors (Lipinski definition) is 3. The van der Waals surface area contributed by atoms with Gasteiger partial charge in [-0.2, -0.15) is 0 Å². The van der Waals surface area contributed by atoms with E-state index in [-0.39, 0.29) is 25.5 Å². The molecule has 1 N–H and O–H groups in total. The number of nitrogens with zero attached hydrogens (tertiary/aromatic N) is 1. The molecule has 6 heteroatoms. The Labute approximate surface area is 110 Å². The molecule has 0 bridgehead atoms. The number of carbonyl (C=O) groups excluding carboxylic acids is 1. The van der Waals surface area contributed by atoms with Gasteiger partial charge in [-0.15, -0.1) is 0 Å². The lowest BCUT2D eigenvalue weighted by molar-refractivity contribution is -0.143. The predicted octanol–water partition coefficient (Wildman–Crippen LogP) is 1.65. The Morgan fingerprint density at radius 1 is 1.33 bits per heavy atom. The zero-order chi connectivity index (χ0) is 13.5. The van der Waals surface area contributed by atoms with Gasteiger partial charge >= 0.3 is 5.97 Å². The lowest BCUT2D eigenvalue weighted by Gasteiger charge is -2.14. The Bertz CT molecular complexity index is 419. The van der Waals surface area contributed by atoms with E-state index in [1.807, 2.05) is 0 Å². The molecule has 5 nitrogen and oxygen atoms in total. The number of likely N-dealkylation sites (N-methyl/N-ethyl adjacent to an activating group) is 1. The minimum absolute atomic E-state index is 0.131. The van der Waals surface area contributed by atoms with Gasteiger partial charge in [0.15, 0.2) is 0 Å². The van der Waals surface area contributed by atoms with Gasteiger partial charge in [0.2, 0.25) is 5.91 Å². The highest BCUT2D eigenvalue weighted by atomic mass is 35.5. The van der Waals surface area contributed by atoms with E-state index in [1.165, 1.54) is 7.05 Å². The van der Waals surface area contributed by atoms with Gasteiger partial charge < -0.3 is 14.7 Å². The van der Waals surface area contributed by atoms with Crippen molar-refractivity contribution in [2.75, 3.05) is 20.2 Å². The van der Waals surface area contributed by atoms with E-state index < -0.39 is 5.97 Å². The van der Waals surface area contributed by atoms with Crippen molar-refractivity contribution in [3.8, 4) is 5.75 Å². The van der Waals surface area contributed by atoms with Gasteiger partial charge in [-0.3, -0.25) is 9.59 Å². The normalized spacial score (nSPS) is 9.89. The molecule has 0 aromatic heterocycles. The van der Waals surface area contributed by atoms with Gasteiger partial charge in [0.1, 0.15) is 12.3 Å². The summed E-state index contributed by atoms with van der Waals surface area (Å²) in [5.41, 5.74) is 0. The first-order chi connectivity index (χ1) is 8.49. The quantitative estimate of drug-likeness (QED) is 0.854. The van der Waals surface area contributed by atoms with Gasteiger partial charge in [-0.05, 0) is 24.3 Å². The minimum Gasteiger partial charge on any atom is -0.493 e. The maximum absolute atomic E-state index is 11.5. The molecule has 98 valence electrons. The summed E-state index contributed by atoms with van der Waals surface area (Å²) in [6.07, 6.45) is 0.131. The molecule has 0 spiro atoms. The van der Waals surface area contributed by atoms with Crippen LogP contribution >= 0.6 is 11.6 Å². The SMILES string of the molecule is CN(CC(=O)O)C(=O)CCOc1ccc(Cl)cc1. The van der Waals surface area contributed by atoms with E-state index in [4.69, 9.17) is 21.4 Å². The Hall–Kier alpha value is -1.75. The Balaban J connectivity index is 2.31. The van der Waals surface area contributed by atoms with Crippen molar-refractivity contribution in [3.63, 3.8) is 0 Å². The van der Waals surface area contributed by atoms with Crippen LogP contribution in [0.4, 0.5) is 0 Å². The lowest BCUT2D eigenvalue weighted by Crippen LogP contribution is -2.32. The second-order valence-electron chi connectivity index (χ2n) is 3.70. The molecule has 0 atom stereocenters. The Morgan fingerprint density at radius 3 is 2.50 bits per heavy atom. The van der Waals surface area contributed by atoms with Gasteiger partial charge in [-0.1, -0.05) is 11.6 Å². The highest BCUT2D eigenvalue weighted by molar-refractivity contribution is 6.30. The van der Waals surface area contributed by atoms with Gasteiger partial charge in [-0.25, -0.2) is 0 Å². The number of ether oxygens (including phenoxy) is 1. The molecule has 0 heterocycles. The van der Waals surface area contributed by atoms with Crippen LogP contribution in [-0.4, -0.2) is 42.1 Å². The van der Waals surface area contributed by atoms with Crippen LogP contribution in [0, 0.1) is 0 Å². The Morgan fingerprint density at radius 2 is 1.94 bits per heavy atom. The summed E-state index contributed by atoms with van der Waals surface area (Å²) in [6.45, 7) is -0.107. The van der Waals surface area contributed by atoms with Gasteiger partial charge in [0.25, 0.3) is 0 Å². The summed E-state index contributed by atoms with van der Waals surface area (Å²) >= 11 is 5.71. The summed E-state index contributed by atoms with van der Waals surface area (Å²) in [5, 5.41) is 9.14. The molecule has 1 rings (SSSR count). The van der Waals surface area contributed by atoms with E-state index >= 15 is 0 Å². The number of carboxylic acids is 1. The number of halogens is 1. The van der Waals surface area contributed by atoms with Crippen molar-refractivity contribution in [2.24, 2.45) is 0 Å². The van der Waals surface area contributed by atoms with Crippen molar-refractivity contribution in [3.05, 3.63) is 29.3 Å². The zero-order valence-corrected chi connectivity index (χ0v) is 10.7. The third-order valence-corrected chi connectivity index (χ3v) is 2.45. The molecule has 0 saturated heterocycles. The molecule has 0 unspecified atom stereocenters. The third-order valence-electron chi connectivity index (χ3n) is 2.20. The minimum atomic E-state index is -1.04. The first kappa shape index (κ1) is 14.3. The maximum Gasteiger partial charge on any atom is 0.323 e. The van der Waals surface area contributed by atoms with Crippen molar-refractivity contribution in [2.45, 2.75) is 6.42 Å². The van der Waals surface area contributed by atoms with Crippen LogP contribution in [0.5, 0.6) is 5.75 Å². The van der Waals surface area contributed by atoms with Crippen molar-refractivity contribution >= 4 is 23.5 Å². The van der Waals surface area contributed by atoms with Gasteiger partial charge in [0, 0.05) is 12.1 Å². The van der Waals surface area contributed by atoms with Crippen molar-refractivity contribution in [1.29, 1.82) is 0 Å². The third kappa shape index (κ3) is 5.05. The summed E-state index contributed by atoms with van der Waals surface area (Å²) < 4.78 is 5.33. The fraction of sp³-hybridized carbons (Fsp3) is 0.333. The number of amides is 1. The summed E-state index contributed by atoms with van der Waals surface area (Å²) in [7, 11) is 1.44. The molecule has 0 aliphatic heterocycles. The average molecular weight is 272 g/mol. The molecule has 0 aliphatic carbocycles. The highest BCUT2D eigenvalue weighted by Gasteiger charge is 2.11. The van der Waals surface area contributed by atoms with Crippen LogP contribution < -0.4 is 4.74 Å². The molecule has 0 saturated carbocycles. The molecule has 0 radical (unpaired) electrons. The molecule has 18 heavy (non-hydrogen) atoms. The molecule has 1 aromatic rings. The van der Waals surface area contributed by atoms with Crippen LogP contribution in [-0.2, 0) is 9.59 Å². The zero-order valence-electron chi connectivity index (χ0n) is 9.93. The number of aliphatic carboxylic acids is 1. The molecule has 1 aromatic carbocycles. The first-order valence-electron chi connectivity index (χ1n) is 5.33. The second-order valence-corrected chi connectivity index (χ2v) is 4.13. The molecule has 0 aliphatic rings. The second kappa shape index (κ2) is 6.86. The first-order valence-corrected chi connectivity index (χ1v) is 5.71. The standard InChI is InChI=1S/C12H14ClNO4/c1-14(8-12(16)17)11(15)6-7-18-10-4-2-9(13)3-5-10/h2-5H,6-8H2,1H3,(H,16,17). The predicted molar refractivity (Wildman–Crippen MR) is 66.8 cm³/mol. The van der Waals surface area contributed by atoms with E-state index in [0.29, 0.717) is 10.8 Å². The van der Waals surface area contributed by atoms with Gasteiger partial charge in [0.05, 0.1) is 13.0 Å². The summed E-state index contributed by atoms with van der Waals surface area (Å²) in [6, 6.07) is 6.78. The lowest BCUT2D eigenvalue weighted by atomic mass is 10.3. The topological polar surface area (TPSA) is 66.8 Å². The van der Waals surface area contributed by atoms with Crippen LogP contribution in [0.2, 0.25) is 5.02 Å². The molecular formula is C12H14ClNO4. The number of hydrogen-bond donors (Lipinski definition) is 1. The van der Waals surface area contributed by atoms with Crippen molar-refractivity contribution in [1.82, 2.24) is 4.90 Å².